The average molecular weight is 403 g/mol. The summed E-state index contributed by atoms with van der Waals surface area (Å²) in [5.74, 6) is 0.628. The molecule has 0 aliphatic carbocycles. The van der Waals surface area contributed by atoms with E-state index in [4.69, 9.17) is 9.26 Å². The van der Waals surface area contributed by atoms with Crippen LogP contribution in [0.25, 0.3) is 11.6 Å². The van der Waals surface area contributed by atoms with Gasteiger partial charge in [0, 0.05) is 11.5 Å². The maximum absolute atomic E-state index is 14.5. The molecule has 0 aliphatic rings. The van der Waals surface area contributed by atoms with Crippen molar-refractivity contribution < 1.29 is 13.7 Å². The molecule has 2 aromatic heterocycles. The summed E-state index contributed by atoms with van der Waals surface area (Å²) in [6.07, 6.45) is 1.31. The van der Waals surface area contributed by atoms with Crippen molar-refractivity contribution in [3.63, 3.8) is 0 Å². The van der Waals surface area contributed by atoms with Crippen molar-refractivity contribution in [1.29, 1.82) is 0 Å². The highest BCUT2D eigenvalue weighted by atomic mass is 19.1. The van der Waals surface area contributed by atoms with Gasteiger partial charge in [0.25, 0.3) is 5.89 Å². The summed E-state index contributed by atoms with van der Waals surface area (Å²) in [6, 6.07) is 17.4. The molecule has 0 bridgehead atoms. The topological polar surface area (TPSA) is 61.0 Å². The van der Waals surface area contributed by atoms with Gasteiger partial charge in [0.15, 0.2) is 17.4 Å². The Kier molecular flexibility index (Phi) is 5.08. The molecule has 0 spiro atoms. The van der Waals surface area contributed by atoms with Crippen molar-refractivity contribution in [2.24, 2.45) is 0 Å². The van der Waals surface area contributed by atoms with E-state index < -0.39 is 5.82 Å². The second-order valence-electron chi connectivity index (χ2n) is 7.76. The minimum atomic E-state index is -0.556. The lowest BCUT2D eigenvalue weighted by Crippen LogP contribution is -2.18. The van der Waals surface area contributed by atoms with Gasteiger partial charge in [-0.05, 0) is 37.1 Å². The van der Waals surface area contributed by atoms with Crippen LogP contribution in [-0.2, 0) is 5.41 Å². The predicted octanol–water partition coefficient (Wildman–Crippen LogP) is 6.01. The molecule has 6 heteroatoms. The Morgan fingerprint density at radius 3 is 2.13 bits per heavy atom. The maximum Gasteiger partial charge on any atom is 0.276 e. The zero-order valence-electron chi connectivity index (χ0n) is 17.3. The van der Waals surface area contributed by atoms with Gasteiger partial charge in [-0.15, -0.1) is 0 Å². The van der Waals surface area contributed by atoms with Crippen LogP contribution in [0.2, 0.25) is 0 Å². The molecule has 0 N–H and O–H groups in total. The maximum atomic E-state index is 14.5. The number of pyridine rings is 1. The molecule has 0 unspecified atom stereocenters. The van der Waals surface area contributed by atoms with Crippen molar-refractivity contribution in [2.45, 2.75) is 33.1 Å². The Hall–Kier alpha value is -3.54. The highest BCUT2D eigenvalue weighted by Gasteiger charge is 2.23. The molecule has 0 saturated carbocycles. The molecule has 2 aromatic carbocycles. The van der Waals surface area contributed by atoms with Gasteiger partial charge in [0.1, 0.15) is 11.4 Å². The second kappa shape index (κ2) is 7.71. The minimum Gasteiger partial charge on any atom is -0.453 e. The average Bonchev–Trinajstić information content (AvgIpc) is 3.16. The number of halogens is 1. The lowest BCUT2D eigenvalue weighted by Gasteiger charge is -2.26. The highest BCUT2D eigenvalue weighted by molar-refractivity contribution is 5.48. The summed E-state index contributed by atoms with van der Waals surface area (Å²) in [6.45, 7) is 8.11. The Morgan fingerprint density at radius 1 is 0.933 bits per heavy atom. The molecule has 0 saturated heterocycles. The van der Waals surface area contributed by atoms with Crippen LogP contribution in [0.1, 0.15) is 36.4 Å². The van der Waals surface area contributed by atoms with E-state index in [1.165, 1.54) is 23.4 Å². The van der Waals surface area contributed by atoms with Gasteiger partial charge < -0.3 is 9.26 Å². The number of aromatic nitrogens is 3. The fraction of sp³-hybridized carbons (Fsp3) is 0.208. The lowest BCUT2D eigenvalue weighted by molar-refractivity contribution is 0.421. The summed E-state index contributed by atoms with van der Waals surface area (Å²) in [5, 5.41) is 3.69. The fourth-order valence-electron chi connectivity index (χ4n) is 3.21. The van der Waals surface area contributed by atoms with Crippen LogP contribution in [-0.4, -0.2) is 15.1 Å². The number of hydrogen-bond acceptors (Lipinski definition) is 5. The van der Waals surface area contributed by atoms with Gasteiger partial charge in [-0.3, -0.25) is 0 Å². The molecular weight excluding hydrogens is 381 g/mol. The van der Waals surface area contributed by atoms with Crippen LogP contribution in [0.4, 0.5) is 4.39 Å². The van der Waals surface area contributed by atoms with Crippen LogP contribution in [0, 0.1) is 19.7 Å². The molecule has 0 aliphatic heterocycles. The number of aryl methyl sites for hydroxylation is 2. The Labute approximate surface area is 174 Å². The van der Waals surface area contributed by atoms with E-state index in [0.717, 1.165) is 5.56 Å². The highest BCUT2D eigenvalue weighted by Crippen LogP contribution is 2.34. The predicted molar refractivity (Wildman–Crippen MR) is 112 cm³/mol. The second-order valence-corrected chi connectivity index (χ2v) is 7.76. The van der Waals surface area contributed by atoms with Gasteiger partial charge in [-0.25, -0.2) is 9.37 Å². The first-order chi connectivity index (χ1) is 14.3. The fourth-order valence-corrected chi connectivity index (χ4v) is 3.21. The zero-order chi connectivity index (χ0) is 21.3. The molecule has 4 rings (SSSR count). The van der Waals surface area contributed by atoms with Gasteiger partial charge in [-0.1, -0.05) is 61.0 Å². The van der Waals surface area contributed by atoms with Gasteiger partial charge in [-0.2, -0.15) is 4.98 Å². The third kappa shape index (κ3) is 3.94. The Morgan fingerprint density at radius 2 is 1.57 bits per heavy atom. The lowest BCUT2D eigenvalue weighted by atomic mass is 9.78. The SMILES string of the molecule is Cc1ccc(C(C)(C)c2ccc(Oc3cnc(-c4nc(C)no4)cc3F)cc2)cc1. The van der Waals surface area contributed by atoms with Crippen LogP contribution < -0.4 is 4.74 Å². The van der Waals surface area contributed by atoms with E-state index >= 15 is 0 Å². The molecule has 2 heterocycles. The van der Waals surface area contributed by atoms with Crippen molar-refractivity contribution in [1.82, 2.24) is 15.1 Å². The smallest absolute Gasteiger partial charge is 0.276 e. The van der Waals surface area contributed by atoms with Gasteiger partial charge >= 0.3 is 0 Å². The third-order valence-electron chi connectivity index (χ3n) is 5.14. The standard InChI is InChI=1S/C24H22FN3O2/c1-15-5-7-17(8-6-15)24(3,4)18-9-11-19(12-10-18)29-22-14-26-21(13-20(22)25)23-27-16(2)28-30-23/h5-14H,1-4H3. The number of rotatable bonds is 5. The number of nitrogens with zero attached hydrogens (tertiary/aromatic N) is 3. The van der Waals surface area contributed by atoms with E-state index in [2.05, 4.69) is 60.2 Å². The molecule has 152 valence electrons. The Balaban J connectivity index is 1.53. The number of ether oxygens (including phenoxy) is 1. The monoisotopic (exact) mass is 403 g/mol. The largest absolute Gasteiger partial charge is 0.453 e. The van der Waals surface area contributed by atoms with Crippen LogP contribution in [0.15, 0.2) is 65.3 Å². The third-order valence-corrected chi connectivity index (χ3v) is 5.14. The van der Waals surface area contributed by atoms with E-state index in [9.17, 15) is 4.39 Å². The first-order valence-electron chi connectivity index (χ1n) is 9.65. The minimum absolute atomic E-state index is 0.0283. The van der Waals surface area contributed by atoms with Crippen molar-refractivity contribution >= 4 is 0 Å². The van der Waals surface area contributed by atoms with E-state index in [-0.39, 0.29) is 22.7 Å². The van der Waals surface area contributed by atoms with E-state index in [1.54, 1.807) is 6.92 Å². The zero-order valence-corrected chi connectivity index (χ0v) is 17.3. The first-order valence-corrected chi connectivity index (χ1v) is 9.65. The molecule has 5 nitrogen and oxygen atoms in total. The molecule has 0 radical (unpaired) electrons. The van der Waals surface area contributed by atoms with Crippen LogP contribution in [0.3, 0.4) is 0 Å². The normalized spacial score (nSPS) is 11.5. The van der Waals surface area contributed by atoms with Crippen molar-refractivity contribution in [3.8, 4) is 23.1 Å². The molecule has 4 aromatic rings. The van der Waals surface area contributed by atoms with E-state index in [0.29, 0.717) is 11.6 Å². The summed E-state index contributed by atoms with van der Waals surface area (Å²) in [7, 11) is 0. The van der Waals surface area contributed by atoms with Crippen molar-refractivity contribution in [2.75, 3.05) is 0 Å². The molecule has 30 heavy (non-hydrogen) atoms. The quantitative estimate of drug-likeness (QED) is 0.409. The van der Waals surface area contributed by atoms with Gasteiger partial charge in [0.05, 0.1) is 6.20 Å². The molecule has 0 fully saturated rings. The van der Waals surface area contributed by atoms with E-state index in [1.807, 2.05) is 24.3 Å². The first kappa shape index (κ1) is 19.8. The van der Waals surface area contributed by atoms with Gasteiger partial charge in [0.2, 0.25) is 0 Å². The number of benzene rings is 2. The molecular formula is C24H22FN3O2. The Bertz CT molecular complexity index is 1170. The van der Waals surface area contributed by atoms with Crippen LogP contribution >= 0.6 is 0 Å². The molecule has 0 atom stereocenters. The van der Waals surface area contributed by atoms with Crippen molar-refractivity contribution in [3.05, 3.63) is 89.1 Å². The van der Waals surface area contributed by atoms with Crippen LogP contribution in [0.5, 0.6) is 11.5 Å². The summed E-state index contributed by atoms with van der Waals surface area (Å²) in [5.41, 5.74) is 3.69. The number of hydrogen-bond donors (Lipinski definition) is 0. The summed E-state index contributed by atoms with van der Waals surface area (Å²) < 4.78 is 25.2. The summed E-state index contributed by atoms with van der Waals surface area (Å²) in [4.78, 5) is 8.21. The molecule has 0 amide bonds. The summed E-state index contributed by atoms with van der Waals surface area (Å²) >= 11 is 0.